The van der Waals surface area contributed by atoms with E-state index >= 15 is 0 Å². The van der Waals surface area contributed by atoms with Crippen molar-refractivity contribution in [2.75, 3.05) is 27.4 Å². The number of esters is 2. The van der Waals surface area contributed by atoms with E-state index in [0.29, 0.717) is 18.5 Å². The Kier molecular flexibility index (Phi) is 7.41. The summed E-state index contributed by atoms with van der Waals surface area (Å²) in [6.45, 7) is -0.687. The number of methoxy groups -OCH3 is 2. The van der Waals surface area contributed by atoms with E-state index in [0.717, 1.165) is 4.90 Å². The normalized spacial score (nSPS) is 15.0. The van der Waals surface area contributed by atoms with Crippen LogP contribution in [-0.4, -0.2) is 56.1 Å². The van der Waals surface area contributed by atoms with E-state index < -0.39 is 30.4 Å². The van der Waals surface area contributed by atoms with Crippen molar-refractivity contribution in [3.63, 3.8) is 0 Å². The molecule has 1 aliphatic heterocycles. The summed E-state index contributed by atoms with van der Waals surface area (Å²) in [4.78, 5) is 47.5. The Bertz CT molecular complexity index is 815. The number of amides is 3. The lowest BCUT2D eigenvalue weighted by atomic mass is 10.2. The number of hydrogen-bond donors (Lipinski definition) is 1. The van der Waals surface area contributed by atoms with Crippen LogP contribution >= 0.6 is 45.2 Å². The number of hydrogen-bond acceptors (Lipinski definition) is 7. The van der Waals surface area contributed by atoms with Crippen LogP contribution in [0, 0.1) is 7.14 Å². The van der Waals surface area contributed by atoms with Crippen molar-refractivity contribution in [1.82, 2.24) is 10.2 Å². The Morgan fingerprint density at radius 3 is 2.26 bits per heavy atom. The van der Waals surface area contributed by atoms with Crippen LogP contribution in [0.3, 0.4) is 0 Å². The maximum Gasteiger partial charge on any atom is 0.343 e. The largest absolute Gasteiger partial charge is 0.480 e. The number of imide groups is 1. The molecule has 0 saturated carbocycles. The molecule has 3 amide bonds. The molecule has 144 valence electrons. The van der Waals surface area contributed by atoms with Gasteiger partial charge in [-0.15, -0.1) is 0 Å². The van der Waals surface area contributed by atoms with Gasteiger partial charge in [0.2, 0.25) is 0 Å². The van der Waals surface area contributed by atoms with Gasteiger partial charge in [0.1, 0.15) is 18.0 Å². The van der Waals surface area contributed by atoms with E-state index in [-0.39, 0.29) is 12.3 Å². The smallest absolute Gasteiger partial charge is 0.343 e. The molecule has 2 rings (SSSR count). The van der Waals surface area contributed by atoms with Crippen molar-refractivity contribution < 1.29 is 33.4 Å². The number of halogens is 2. The zero-order chi connectivity index (χ0) is 20.1. The first-order chi connectivity index (χ1) is 12.8. The van der Waals surface area contributed by atoms with Crippen molar-refractivity contribution >= 4 is 75.1 Å². The van der Waals surface area contributed by atoms with Gasteiger partial charge in [0.05, 0.1) is 21.4 Å². The van der Waals surface area contributed by atoms with Gasteiger partial charge in [-0.05, 0) is 69.0 Å². The molecule has 1 aromatic carbocycles. The molecule has 1 saturated heterocycles. The van der Waals surface area contributed by atoms with Gasteiger partial charge in [-0.25, -0.2) is 14.5 Å². The van der Waals surface area contributed by atoms with Gasteiger partial charge < -0.3 is 19.5 Å². The van der Waals surface area contributed by atoms with E-state index in [9.17, 15) is 19.2 Å². The highest BCUT2D eigenvalue weighted by Gasteiger charge is 2.35. The fraction of sp³-hybridized carbons (Fsp3) is 0.250. The number of carbonyl (C=O) groups excluding carboxylic acids is 4. The quantitative estimate of drug-likeness (QED) is 0.228. The fourth-order valence-electron chi connectivity index (χ4n) is 2.07. The van der Waals surface area contributed by atoms with Gasteiger partial charge in [-0.3, -0.25) is 9.59 Å². The van der Waals surface area contributed by atoms with Gasteiger partial charge in [-0.1, -0.05) is 0 Å². The van der Waals surface area contributed by atoms with Gasteiger partial charge in [0.25, 0.3) is 5.91 Å². The summed E-state index contributed by atoms with van der Waals surface area (Å²) in [7, 11) is 2.44. The molecule has 0 radical (unpaired) electrons. The van der Waals surface area contributed by atoms with E-state index in [1.807, 2.05) is 45.2 Å². The second kappa shape index (κ2) is 9.34. The fourth-order valence-corrected chi connectivity index (χ4v) is 4.19. The Balaban J connectivity index is 2.21. The van der Waals surface area contributed by atoms with Crippen LogP contribution in [0.2, 0.25) is 0 Å². The maximum atomic E-state index is 12.3. The van der Waals surface area contributed by atoms with E-state index in [2.05, 4.69) is 14.8 Å². The predicted molar refractivity (Wildman–Crippen MR) is 110 cm³/mol. The van der Waals surface area contributed by atoms with Crippen molar-refractivity contribution in [2.45, 2.75) is 0 Å². The molecule has 1 fully saturated rings. The average Bonchev–Trinajstić information content (AvgIpc) is 2.87. The lowest BCUT2D eigenvalue weighted by molar-refractivity contribution is -0.143. The molecule has 0 spiro atoms. The minimum atomic E-state index is -0.698. The van der Waals surface area contributed by atoms with Gasteiger partial charge in [0.15, 0.2) is 6.61 Å². The minimum Gasteiger partial charge on any atom is -0.480 e. The Morgan fingerprint density at radius 1 is 1.11 bits per heavy atom. The number of nitrogens with one attached hydrogen (secondary N) is 1. The molecule has 0 aliphatic carbocycles. The lowest BCUT2D eigenvalue weighted by Gasteiger charge is -2.11. The van der Waals surface area contributed by atoms with E-state index in [1.54, 1.807) is 12.1 Å². The third-order valence-corrected chi connectivity index (χ3v) is 4.97. The zero-order valence-electron chi connectivity index (χ0n) is 14.2. The molecular weight excluding hydrogens is 586 g/mol. The summed E-state index contributed by atoms with van der Waals surface area (Å²) in [6, 6.07) is 2.76. The molecular formula is C16H14I2N2O7. The van der Waals surface area contributed by atoms with Crippen LogP contribution < -0.4 is 10.1 Å². The highest BCUT2D eigenvalue weighted by Crippen LogP contribution is 2.30. The summed E-state index contributed by atoms with van der Waals surface area (Å²) >= 11 is 4.07. The van der Waals surface area contributed by atoms with Crippen molar-refractivity contribution in [2.24, 2.45) is 0 Å². The maximum absolute atomic E-state index is 12.3. The molecule has 1 heterocycles. The van der Waals surface area contributed by atoms with Crippen molar-refractivity contribution in [1.29, 1.82) is 0 Å². The van der Waals surface area contributed by atoms with Crippen LogP contribution in [-0.2, 0) is 23.9 Å². The highest BCUT2D eigenvalue weighted by molar-refractivity contribution is 14.1. The second-order valence-electron chi connectivity index (χ2n) is 5.13. The molecule has 0 atom stereocenters. The molecule has 1 aliphatic rings. The molecule has 1 aromatic rings. The van der Waals surface area contributed by atoms with Crippen LogP contribution in [0.5, 0.6) is 5.75 Å². The molecule has 0 aromatic heterocycles. The summed E-state index contributed by atoms with van der Waals surface area (Å²) < 4.78 is 15.9. The summed E-state index contributed by atoms with van der Waals surface area (Å²) in [6.07, 6.45) is 1.49. The van der Waals surface area contributed by atoms with Gasteiger partial charge >= 0.3 is 18.0 Å². The van der Waals surface area contributed by atoms with Crippen molar-refractivity contribution in [3.8, 4) is 5.75 Å². The number of ether oxygens (including phenoxy) is 3. The summed E-state index contributed by atoms with van der Waals surface area (Å²) in [5.74, 6) is -1.31. The SMILES string of the molecule is COC(=O)COc1c(I)cc(/C=C2/NC(=O)N(CC(=O)OC)C2=O)cc1I. The first-order valence-corrected chi connectivity index (χ1v) is 9.52. The second-order valence-corrected chi connectivity index (χ2v) is 7.46. The number of benzene rings is 1. The lowest BCUT2D eigenvalue weighted by Crippen LogP contribution is -2.36. The van der Waals surface area contributed by atoms with Crippen LogP contribution in [0.15, 0.2) is 17.8 Å². The number of carbonyl (C=O) groups is 4. The first-order valence-electron chi connectivity index (χ1n) is 7.36. The average molecular weight is 600 g/mol. The Morgan fingerprint density at radius 2 is 1.70 bits per heavy atom. The highest BCUT2D eigenvalue weighted by atomic mass is 127. The molecule has 0 bridgehead atoms. The first kappa shape index (κ1) is 21.4. The van der Waals surface area contributed by atoms with Crippen molar-refractivity contribution in [3.05, 3.63) is 30.5 Å². The number of nitrogens with zero attached hydrogens (tertiary/aromatic N) is 1. The summed E-state index contributed by atoms with van der Waals surface area (Å²) in [5, 5.41) is 2.43. The molecule has 11 heteroatoms. The van der Waals surface area contributed by atoms with E-state index in [4.69, 9.17) is 4.74 Å². The van der Waals surface area contributed by atoms with Gasteiger partial charge in [-0.2, -0.15) is 0 Å². The Hall–Kier alpha value is -1.90. The Labute approximate surface area is 181 Å². The molecule has 1 N–H and O–H groups in total. The van der Waals surface area contributed by atoms with Crippen LogP contribution in [0.4, 0.5) is 4.79 Å². The minimum absolute atomic E-state index is 0.0405. The predicted octanol–water partition coefficient (Wildman–Crippen LogP) is 1.51. The van der Waals surface area contributed by atoms with Crippen LogP contribution in [0.25, 0.3) is 6.08 Å². The molecule has 27 heavy (non-hydrogen) atoms. The van der Waals surface area contributed by atoms with E-state index in [1.165, 1.54) is 20.3 Å². The zero-order valence-corrected chi connectivity index (χ0v) is 18.5. The third kappa shape index (κ3) is 5.31. The van der Waals surface area contributed by atoms with Crippen LogP contribution in [0.1, 0.15) is 5.56 Å². The number of urea groups is 1. The van der Waals surface area contributed by atoms with Gasteiger partial charge in [0, 0.05) is 0 Å². The standard InChI is InChI=1S/C16H14I2N2O7/c1-25-12(21)6-20-15(23)11(19-16(20)24)5-8-3-9(17)14(10(18)4-8)27-7-13(22)26-2/h3-5H,6-7H2,1-2H3,(H,19,24)/b11-5+. The topological polar surface area (TPSA) is 111 Å². The number of rotatable bonds is 6. The monoisotopic (exact) mass is 600 g/mol. The summed E-state index contributed by atoms with van der Waals surface area (Å²) in [5.41, 5.74) is 0.677. The molecule has 9 nitrogen and oxygen atoms in total. The molecule has 0 unspecified atom stereocenters. The third-order valence-electron chi connectivity index (χ3n) is 3.37.